The first-order chi connectivity index (χ1) is 8.65. The van der Waals surface area contributed by atoms with Gasteiger partial charge < -0.3 is 5.73 Å². The molecule has 0 radical (unpaired) electrons. The number of aryl methyl sites for hydroxylation is 1. The number of aromatic nitrogens is 1. The van der Waals surface area contributed by atoms with Gasteiger partial charge in [0.05, 0.1) is 11.7 Å². The van der Waals surface area contributed by atoms with Crippen molar-refractivity contribution >= 4 is 22.9 Å². The minimum atomic E-state index is 0.113. The Morgan fingerprint density at radius 2 is 2.22 bits per heavy atom. The maximum atomic E-state index is 6.21. The molecule has 2 aromatic rings. The summed E-state index contributed by atoms with van der Waals surface area (Å²) < 4.78 is 0. The average Bonchev–Trinajstić information content (AvgIpc) is 3.11. The van der Waals surface area contributed by atoms with Crippen molar-refractivity contribution in [3.8, 4) is 11.3 Å². The summed E-state index contributed by atoms with van der Waals surface area (Å²) in [5.41, 5.74) is 8.31. The Balaban J connectivity index is 1.97. The number of rotatable bonds is 3. The summed E-state index contributed by atoms with van der Waals surface area (Å²) in [5.74, 6) is 0.641. The van der Waals surface area contributed by atoms with Crippen LogP contribution in [0.5, 0.6) is 0 Å². The van der Waals surface area contributed by atoms with Gasteiger partial charge in [-0.25, -0.2) is 4.98 Å². The third-order valence-corrected chi connectivity index (χ3v) is 4.63. The lowest BCUT2D eigenvalue weighted by atomic mass is 10.1. The Hall–Kier alpha value is -0.900. The first kappa shape index (κ1) is 12.2. The predicted octanol–water partition coefficient (Wildman–Crippen LogP) is 4.18. The molecule has 3 rings (SSSR count). The normalized spacial score (nSPS) is 16.8. The minimum absolute atomic E-state index is 0.113. The standard InChI is InChI=1S/C14H15ClN2S/c1-8-13(10-3-2-4-11(15)7-10)17-14(18-8)12(16)9-5-6-9/h2-4,7,9,12H,5-6,16H2,1H3. The third-order valence-electron chi connectivity index (χ3n) is 3.33. The molecule has 0 aliphatic heterocycles. The quantitative estimate of drug-likeness (QED) is 0.915. The molecular weight excluding hydrogens is 264 g/mol. The number of nitrogens with zero attached hydrogens (tertiary/aromatic N) is 1. The summed E-state index contributed by atoms with van der Waals surface area (Å²) in [6.07, 6.45) is 2.48. The molecule has 18 heavy (non-hydrogen) atoms. The van der Waals surface area contributed by atoms with Crippen LogP contribution in [0.25, 0.3) is 11.3 Å². The molecular formula is C14H15ClN2S. The van der Waals surface area contributed by atoms with Crippen LogP contribution in [0.4, 0.5) is 0 Å². The van der Waals surface area contributed by atoms with Gasteiger partial charge in [-0.15, -0.1) is 11.3 Å². The van der Waals surface area contributed by atoms with Gasteiger partial charge >= 0.3 is 0 Å². The molecule has 2 nitrogen and oxygen atoms in total. The lowest BCUT2D eigenvalue weighted by molar-refractivity contribution is 0.629. The lowest BCUT2D eigenvalue weighted by Gasteiger charge is -2.04. The fourth-order valence-corrected chi connectivity index (χ4v) is 3.35. The maximum Gasteiger partial charge on any atom is 0.111 e. The highest BCUT2D eigenvalue weighted by Crippen LogP contribution is 2.42. The Labute approximate surface area is 116 Å². The van der Waals surface area contributed by atoms with Gasteiger partial charge in [0.1, 0.15) is 5.01 Å². The molecule has 0 bridgehead atoms. The predicted molar refractivity (Wildman–Crippen MR) is 76.9 cm³/mol. The lowest BCUT2D eigenvalue weighted by Crippen LogP contribution is -2.11. The highest BCUT2D eigenvalue weighted by Gasteiger charge is 2.31. The molecule has 0 saturated heterocycles. The molecule has 1 aliphatic rings. The van der Waals surface area contributed by atoms with E-state index in [0.717, 1.165) is 21.3 Å². The maximum absolute atomic E-state index is 6.21. The molecule has 1 fully saturated rings. The average molecular weight is 279 g/mol. The molecule has 94 valence electrons. The van der Waals surface area contributed by atoms with Crippen molar-refractivity contribution in [2.75, 3.05) is 0 Å². The number of hydrogen-bond donors (Lipinski definition) is 1. The first-order valence-corrected chi connectivity index (χ1v) is 7.33. The van der Waals surface area contributed by atoms with Crippen molar-refractivity contribution in [2.24, 2.45) is 11.7 Å². The van der Waals surface area contributed by atoms with Crippen LogP contribution in [-0.2, 0) is 0 Å². The number of halogens is 1. The second-order valence-corrected chi connectivity index (χ2v) is 6.50. The van der Waals surface area contributed by atoms with Gasteiger partial charge in [-0.3, -0.25) is 0 Å². The molecule has 0 amide bonds. The topological polar surface area (TPSA) is 38.9 Å². The van der Waals surface area contributed by atoms with Crippen LogP contribution in [0.1, 0.15) is 28.8 Å². The van der Waals surface area contributed by atoms with E-state index in [1.165, 1.54) is 17.7 Å². The molecule has 4 heteroatoms. The van der Waals surface area contributed by atoms with E-state index in [1.807, 2.05) is 24.3 Å². The van der Waals surface area contributed by atoms with Gasteiger partial charge in [0.25, 0.3) is 0 Å². The van der Waals surface area contributed by atoms with Crippen molar-refractivity contribution in [2.45, 2.75) is 25.8 Å². The summed E-state index contributed by atoms with van der Waals surface area (Å²) in [7, 11) is 0. The fraction of sp³-hybridized carbons (Fsp3) is 0.357. The highest BCUT2D eigenvalue weighted by molar-refractivity contribution is 7.12. The molecule has 0 spiro atoms. The van der Waals surface area contributed by atoms with Crippen molar-refractivity contribution in [3.63, 3.8) is 0 Å². The van der Waals surface area contributed by atoms with Crippen LogP contribution >= 0.6 is 22.9 Å². The van der Waals surface area contributed by atoms with Crippen LogP contribution in [0.3, 0.4) is 0 Å². The van der Waals surface area contributed by atoms with Crippen molar-refractivity contribution in [1.29, 1.82) is 0 Å². The molecule has 1 aliphatic carbocycles. The highest BCUT2D eigenvalue weighted by atomic mass is 35.5. The van der Waals surface area contributed by atoms with E-state index >= 15 is 0 Å². The molecule has 1 aromatic carbocycles. The Bertz CT molecular complexity index is 575. The van der Waals surface area contributed by atoms with E-state index in [2.05, 4.69) is 6.92 Å². The molecule has 2 N–H and O–H groups in total. The van der Waals surface area contributed by atoms with Crippen molar-refractivity contribution in [1.82, 2.24) is 4.98 Å². The second kappa shape index (κ2) is 4.65. The first-order valence-electron chi connectivity index (χ1n) is 6.14. The molecule has 1 heterocycles. The van der Waals surface area contributed by atoms with Gasteiger partial charge in [0, 0.05) is 15.5 Å². The minimum Gasteiger partial charge on any atom is -0.322 e. The van der Waals surface area contributed by atoms with E-state index in [1.54, 1.807) is 11.3 Å². The van der Waals surface area contributed by atoms with Gasteiger partial charge in [-0.2, -0.15) is 0 Å². The van der Waals surface area contributed by atoms with Crippen LogP contribution in [0, 0.1) is 12.8 Å². The molecule has 1 atom stereocenters. The summed E-state index contributed by atoms with van der Waals surface area (Å²) in [5, 5.41) is 1.80. The monoisotopic (exact) mass is 278 g/mol. The smallest absolute Gasteiger partial charge is 0.111 e. The van der Waals surface area contributed by atoms with E-state index in [4.69, 9.17) is 22.3 Å². The fourth-order valence-electron chi connectivity index (χ4n) is 2.12. The van der Waals surface area contributed by atoms with Gasteiger partial charge in [-0.1, -0.05) is 23.7 Å². The summed E-state index contributed by atoms with van der Waals surface area (Å²) in [6.45, 7) is 2.09. The van der Waals surface area contributed by atoms with Crippen LogP contribution in [0.15, 0.2) is 24.3 Å². The molecule has 1 aromatic heterocycles. The Kier molecular flexibility index (Phi) is 3.14. The van der Waals surface area contributed by atoms with Crippen LogP contribution in [0.2, 0.25) is 5.02 Å². The van der Waals surface area contributed by atoms with Gasteiger partial charge in [0.15, 0.2) is 0 Å². The second-order valence-electron chi connectivity index (χ2n) is 4.83. The summed E-state index contributed by atoms with van der Waals surface area (Å²) in [6, 6.07) is 7.94. The van der Waals surface area contributed by atoms with Crippen LogP contribution < -0.4 is 5.73 Å². The number of benzene rings is 1. The van der Waals surface area contributed by atoms with E-state index in [0.29, 0.717) is 5.92 Å². The van der Waals surface area contributed by atoms with E-state index in [9.17, 15) is 0 Å². The Morgan fingerprint density at radius 1 is 1.44 bits per heavy atom. The number of nitrogens with two attached hydrogens (primary N) is 1. The van der Waals surface area contributed by atoms with Crippen molar-refractivity contribution < 1.29 is 0 Å². The summed E-state index contributed by atoms with van der Waals surface area (Å²) >= 11 is 7.74. The molecule has 1 unspecified atom stereocenters. The number of hydrogen-bond acceptors (Lipinski definition) is 3. The zero-order valence-corrected chi connectivity index (χ0v) is 11.8. The van der Waals surface area contributed by atoms with Crippen LogP contribution in [-0.4, -0.2) is 4.98 Å². The third kappa shape index (κ3) is 2.30. The largest absolute Gasteiger partial charge is 0.322 e. The van der Waals surface area contributed by atoms with E-state index < -0.39 is 0 Å². The summed E-state index contributed by atoms with van der Waals surface area (Å²) in [4.78, 5) is 5.93. The Morgan fingerprint density at radius 3 is 2.89 bits per heavy atom. The van der Waals surface area contributed by atoms with Gasteiger partial charge in [0.2, 0.25) is 0 Å². The zero-order chi connectivity index (χ0) is 12.7. The van der Waals surface area contributed by atoms with E-state index in [-0.39, 0.29) is 6.04 Å². The molecule has 1 saturated carbocycles. The number of thiazole rings is 1. The van der Waals surface area contributed by atoms with Crippen molar-refractivity contribution in [3.05, 3.63) is 39.2 Å². The SMILES string of the molecule is Cc1sc(C(N)C2CC2)nc1-c1cccc(Cl)c1. The zero-order valence-electron chi connectivity index (χ0n) is 10.2. The van der Waals surface area contributed by atoms with Gasteiger partial charge in [-0.05, 0) is 37.8 Å².